The molecule has 3 N–H and O–H groups in total. The highest BCUT2D eigenvalue weighted by atomic mass is 35.5. The Bertz CT molecular complexity index is 465. The minimum Gasteiger partial charge on any atom is -0.481 e. The van der Waals surface area contributed by atoms with E-state index < -0.39 is 11.9 Å². The van der Waals surface area contributed by atoms with Crippen LogP contribution in [0.4, 0.5) is 0 Å². The van der Waals surface area contributed by atoms with E-state index >= 15 is 0 Å². The molecule has 0 aliphatic rings. The predicted octanol–water partition coefficient (Wildman–Crippen LogP) is 3.88. The lowest BCUT2D eigenvalue weighted by Gasteiger charge is -2.17. The average Bonchev–Trinajstić information content (AvgIpc) is 2.32. The highest BCUT2D eigenvalue weighted by Crippen LogP contribution is 2.32. The molecule has 0 fully saturated rings. The zero-order valence-corrected chi connectivity index (χ0v) is 12.8. The maximum atomic E-state index is 10.9. The van der Waals surface area contributed by atoms with Crippen LogP contribution >= 0.6 is 34.8 Å². The molecule has 0 radical (unpaired) electrons. The van der Waals surface area contributed by atoms with Crippen LogP contribution in [-0.2, 0) is 11.2 Å². The normalized spacial score (nSPS) is 14.2. The summed E-state index contributed by atoms with van der Waals surface area (Å²) in [6.07, 6.45) is 1.11. The lowest BCUT2D eigenvalue weighted by atomic mass is 9.91. The average molecular weight is 325 g/mol. The second-order valence-corrected chi connectivity index (χ2v) is 5.90. The first-order chi connectivity index (χ1) is 8.85. The number of rotatable bonds is 6. The maximum absolute atomic E-state index is 10.9. The second-order valence-electron chi connectivity index (χ2n) is 4.68. The summed E-state index contributed by atoms with van der Waals surface area (Å²) >= 11 is 18.0. The minimum absolute atomic E-state index is 0.122. The van der Waals surface area contributed by atoms with Gasteiger partial charge in [0.2, 0.25) is 0 Å². The largest absolute Gasteiger partial charge is 0.481 e. The van der Waals surface area contributed by atoms with E-state index in [4.69, 9.17) is 45.6 Å². The molecule has 0 saturated heterocycles. The fourth-order valence-corrected chi connectivity index (χ4v) is 2.72. The van der Waals surface area contributed by atoms with E-state index in [0.717, 1.165) is 5.56 Å². The molecular formula is C13H16Cl3NO2. The van der Waals surface area contributed by atoms with Crippen molar-refractivity contribution in [3.8, 4) is 0 Å². The number of halogens is 3. The summed E-state index contributed by atoms with van der Waals surface area (Å²) in [6, 6.07) is 3.34. The molecule has 2 atom stereocenters. The van der Waals surface area contributed by atoms with Gasteiger partial charge < -0.3 is 10.8 Å². The van der Waals surface area contributed by atoms with Gasteiger partial charge in [0.05, 0.1) is 16.0 Å². The monoisotopic (exact) mass is 323 g/mol. The third kappa shape index (κ3) is 4.84. The summed E-state index contributed by atoms with van der Waals surface area (Å²) in [5, 5.41) is 10.4. The van der Waals surface area contributed by atoms with Crippen molar-refractivity contribution in [2.24, 2.45) is 17.6 Å². The SMILES string of the molecule is CC(Cc1cc(Cl)cc(Cl)c1Cl)CC(CN)C(=O)O. The van der Waals surface area contributed by atoms with Crippen molar-refractivity contribution < 1.29 is 9.90 Å². The van der Waals surface area contributed by atoms with E-state index in [1.807, 2.05) is 6.92 Å². The molecule has 2 unspecified atom stereocenters. The number of nitrogens with two attached hydrogens (primary N) is 1. The Morgan fingerprint density at radius 2 is 2.00 bits per heavy atom. The van der Waals surface area contributed by atoms with Crippen molar-refractivity contribution >= 4 is 40.8 Å². The number of benzene rings is 1. The van der Waals surface area contributed by atoms with Crippen LogP contribution in [0, 0.1) is 11.8 Å². The van der Waals surface area contributed by atoms with Gasteiger partial charge in [-0.2, -0.15) is 0 Å². The Hall–Kier alpha value is -0.480. The topological polar surface area (TPSA) is 63.3 Å². The van der Waals surface area contributed by atoms with E-state index in [-0.39, 0.29) is 12.5 Å². The fraction of sp³-hybridized carbons (Fsp3) is 0.462. The van der Waals surface area contributed by atoms with Crippen LogP contribution in [0.15, 0.2) is 12.1 Å². The highest BCUT2D eigenvalue weighted by Gasteiger charge is 2.20. The van der Waals surface area contributed by atoms with E-state index in [1.165, 1.54) is 0 Å². The van der Waals surface area contributed by atoms with Crippen molar-refractivity contribution in [1.29, 1.82) is 0 Å². The number of hydrogen-bond donors (Lipinski definition) is 2. The van der Waals surface area contributed by atoms with Crippen molar-refractivity contribution in [3.63, 3.8) is 0 Å². The smallest absolute Gasteiger partial charge is 0.307 e. The molecule has 0 heterocycles. The molecule has 0 saturated carbocycles. The van der Waals surface area contributed by atoms with E-state index in [1.54, 1.807) is 12.1 Å². The van der Waals surface area contributed by atoms with Crippen LogP contribution in [0.2, 0.25) is 15.1 Å². The molecule has 19 heavy (non-hydrogen) atoms. The molecule has 0 aliphatic heterocycles. The minimum atomic E-state index is -0.871. The summed E-state index contributed by atoms with van der Waals surface area (Å²) in [4.78, 5) is 10.9. The fourth-order valence-electron chi connectivity index (χ4n) is 2.00. The van der Waals surface area contributed by atoms with Gasteiger partial charge in [-0.3, -0.25) is 4.79 Å². The quantitative estimate of drug-likeness (QED) is 0.781. The molecule has 0 bridgehead atoms. The molecule has 0 amide bonds. The number of carbonyl (C=O) groups is 1. The first-order valence-electron chi connectivity index (χ1n) is 5.91. The predicted molar refractivity (Wildman–Crippen MR) is 79.1 cm³/mol. The summed E-state index contributed by atoms with van der Waals surface area (Å²) in [6.45, 7) is 2.08. The van der Waals surface area contributed by atoms with Gasteiger partial charge in [-0.25, -0.2) is 0 Å². The second kappa shape index (κ2) is 7.34. The maximum Gasteiger partial charge on any atom is 0.307 e. The Morgan fingerprint density at radius 3 is 2.53 bits per heavy atom. The molecular weight excluding hydrogens is 309 g/mol. The first-order valence-corrected chi connectivity index (χ1v) is 7.04. The van der Waals surface area contributed by atoms with E-state index in [9.17, 15) is 4.79 Å². The number of hydrogen-bond acceptors (Lipinski definition) is 2. The lowest BCUT2D eigenvalue weighted by Crippen LogP contribution is -2.25. The van der Waals surface area contributed by atoms with Crippen LogP contribution in [-0.4, -0.2) is 17.6 Å². The third-order valence-electron chi connectivity index (χ3n) is 2.96. The third-order valence-corrected chi connectivity index (χ3v) is 4.02. The van der Waals surface area contributed by atoms with Crippen LogP contribution in [0.3, 0.4) is 0 Å². The number of carboxylic acid groups (broad SMARTS) is 1. The number of aliphatic carboxylic acids is 1. The first kappa shape index (κ1) is 16.6. The molecule has 0 spiro atoms. The zero-order valence-electron chi connectivity index (χ0n) is 10.5. The van der Waals surface area contributed by atoms with Crippen molar-refractivity contribution in [3.05, 3.63) is 32.8 Å². The van der Waals surface area contributed by atoms with Crippen molar-refractivity contribution in [1.82, 2.24) is 0 Å². The van der Waals surface area contributed by atoms with Gasteiger partial charge in [0.25, 0.3) is 0 Å². The van der Waals surface area contributed by atoms with Gasteiger partial charge in [0.1, 0.15) is 0 Å². The zero-order chi connectivity index (χ0) is 14.6. The Labute approximate surface area is 127 Å². The molecule has 0 aliphatic carbocycles. The lowest BCUT2D eigenvalue weighted by molar-refractivity contribution is -0.141. The van der Waals surface area contributed by atoms with Crippen molar-refractivity contribution in [2.45, 2.75) is 19.8 Å². The summed E-state index contributed by atoms with van der Waals surface area (Å²) < 4.78 is 0. The highest BCUT2D eigenvalue weighted by molar-refractivity contribution is 6.43. The molecule has 3 nitrogen and oxygen atoms in total. The van der Waals surface area contributed by atoms with Crippen LogP contribution in [0.25, 0.3) is 0 Å². The van der Waals surface area contributed by atoms with E-state index in [0.29, 0.717) is 27.9 Å². The van der Waals surface area contributed by atoms with E-state index in [2.05, 4.69) is 0 Å². The molecule has 1 aromatic carbocycles. The summed E-state index contributed by atoms with van der Waals surface area (Å²) in [5.41, 5.74) is 6.27. The van der Waals surface area contributed by atoms with Gasteiger partial charge in [0, 0.05) is 11.6 Å². The molecule has 6 heteroatoms. The number of carboxylic acids is 1. The van der Waals surface area contributed by atoms with Gasteiger partial charge in [-0.15, -0.1) is 0 Å². The summed E-state index contributed by atoms with van der Waals surface area (Å²) in [5.74, 6) is -1.29. The Balaban J connectivity index is 2.77. The molecule has 1 aromatic rings. The van der Waals surface area contributed by atoms with Gasteiger partial charge in [-0.05, 0) is 36.5 Å². The van der Waals surface area contributed by atoms with Gasteiger partial charge in [0.15, 0.2) is 0 Å². The Kier molecular flexibility index (Phi) is 6.40. The molecule has 0 aromatic heterocycles. The van der Waals surface area contributed by atoms with Crippen LogP contribution in [0.5, 0.6) is 0 Å². The molecule has 1 rings (SSSR count). The van der Waals surface area contributed by atoms with Crippen LogP contribution in [0.1, 0.15) is 18.9 Å². The molecule has 106 valence electrons. The van der Waals surface area contributed by atoms with Gasteiger partial charge >= 0.3 is 5.97 Å². The Morgan fingerprint density at radius 1 is 1.37 bits per heavy atom. The standard InChI is InChI=1S/C13H16Cl3NO2/c1-7(3-9(6-17)13(18)19)2-8-4-10(14)5-11(15)12(8)16/h4-5,7,9H,2-3,6,17H2,1H3,(H,18,19). The van der Waals surface area contributed by atoms with Crippen molar-refractivity contribution in [2.75, 3.05) is 6.54 Å². The summed E-state index contributed by atoms with van der Waals surface area (Å²) in [7, 11) is 0. The van der Waals surface area contributed by atoms with Gasteiger partial charge in [-0.1, -0.05) is 41.7 Å². The van der Waals surface area contributed by atoms with Crippen LogP contribution < -0.4 is 5.73 Å².